The molecule has 0 spiro atoms. The summed E-state index contributed by atoms with van der Waals surface area (Å²) in [6.07, 6.45) is 2.92. The van der Waals surface area contributed by atoms with Crippen LogP contribution in [0.5, 0.6) is 0 Å². The summed E-state index contributed by atoms with van der Waals surface area (Å²) in [5.41, 5.74) is 4.05. The Morgan fingerprint density at radius 2 is 2.11 bits per heavy atom. The molecular weight excluding hydrogens is 360 g/mol. The summed E-state index contributed by atoms with van der Waals surface area (Å²) in [5, 5.41) is 4.72. The lowest BCUT2D eigenvalue weighted by atomic mass is 10.1. The van der Waals surface area contributed by atoms with Gasteiger partial charge in [0.15, 0.2) is 0 Å². The number of imidazole rings is 1. The van der Waals surface area contributed by atoms with Crippen molar-refractivity contribution in [3.63, 3.8) is 0 Å². The van der Waals surface area contributed by atoms with E-state index in [1.165, 1.54) is 0 Å². The van der Waals surface area contributed by atoms with E-state index >= 15 is 0 Å². The average Bonchev–Trinajstić information content (AvgIpc) is 3.22. The van der Waals surface area contributed by atoms with E-state index in [4.69, 9.17) is 16.6 Å². The number of amides is 1. The van der Waals surface area contributed by atoms with Crippen LogP contribution < -0.4 is 5.32 Å². The van der Waals surface area contributed by atoms with Crippen LogP contribution in [0.1, 0.15) is 18.3 Å². The van der Waals surface area contributed by atoms with Gasteiger partial charge in [0, 0.05) is 41.6 Å². The fourth-order valence-electron chi connectivity index (χ4n) is 3.52. The highest BCUT2D eigenvalue weighted by Crippen LogP contribution is 2.22. The fraction of sp³-hybridized carbons (Fsp3) is 0.238. The van der Waals surface area contributed by atoms with Gasteiger partial charge in [0.25, 0.3) is 0 Å². The summed E-state index contributed by atoms with van der Waals surface area (Å²) in [6, 6.07) is 13.8. The van der Waals surface area contributed by atoms with Gasteiger partial charge in [0.05, 0.1) is 17.5 Å². The normalized spacial score (nSPS) is 11.3. The Bertz CT molecular complexity index is 1110. The predicted octanol–water partition coefficient (Wildman–Crippen LogP) is 4.09. The molecule has 0 bridgehead atoms. The van der Waals surface area contributed by atoms with Crippen LogP contribution in [0, 0.1) is 0 Å². The molecule has 0 radical (unpaired) electrons. The van der Waals surface area contributed by atoms with Crippen LogP contribution in [0.2, 0.25) is 5.02 Å². The number of hydrogen-bond donors (Lipinski definition) is 2. The first-order chi connectivity index (χ1) is 13.2. The quantitative estimate of drug-likeness (QED) is 0.529. The van der Waals surface area contributed by atoms with Crippen molar-refractivity contribution in [2.75, 3.05) is 6.54 Å². The van der Waals surface area contributed by atoms with Crippen LogP contribution in [0.3, 0.4) is 0 Å². The van der Waals surface area contributed by atoms with E-state index in [9.17, 15) is 4.79 Å². The number of H-pyrrole nitrogens is 1. The minimum atomic E-state index is 0.00464. The molecule has 0 aliphatic heterocycles. The van der Waals surface area contributed by atoms with Crippen molar-refractivity contribution in [2.45, 2.75) is 26.3 Å². The van der Waals surface area contributed by atoms with E-state index in [0.29, 0.717) is 24.4 Å². The van der Waals surface area contributed by atoms with E-state index in [0.717, 1.165) is 39.9 Å². The number of nitrogens with zero attached hydrogens (tertiary/aromatic N) is 2. The van der Waals surface area contributed by atoms with E-state index in [2.05, 4.69) is 27.9 Å². The van der Waals surface area contributed by atoms with Gasteiger partial charge >= 0.3 is 0 Å². The number of aryl methyl sites for hydroxylation is 1. The molecule has 4 aromatic rings. The average molecular weight is 381 g/mol. The molecule has 2 N–H and O–H groups in total. The summed E-state index contributed by atoms with van der Waals surface area (Å²) in [7, 11) is 0. The lowest BCUT2D eigenvalue weighted by Crippen LogP contribution is -2.27. The molecule has 138 valence electrons. The van der Waals surface area contributed by atoms with E-state index in [1.807, 2.05) is 42.6 Å². The van der Waals surface area contributed by atoms with Crippen LogP contribution in [0.15, 0.2) is 48.7 Å². The Morgan fingerprint density at radius 3 is 2.96 bits per heavy atom. The molecule has 6 heteroatoms. The van der Waals surface area contributed by atoms with Crippen molar-refractivity contribution in [3.8, 4) is 0 Å². The molecule has 0 atom stereocenters. The minimum absolute atomic E-state index is 0.00464. The molecule has 2 aromatic carbocycles. The van der Waals surface area contributed by atoms with Gasteiger partial charge < -0.3 is 14.9 Å². The van der Waals surface area contributed by atoms with Crippen molar-refractivity contribution in [1.82, 2.24) is 19.9 Å². The molecule has 0 aliphatic rings. The number of fused-ring (bicyclic) bond motifs is 2. The first-order valence-corrected chi connectivity index (χ1v) is 9.50. The third-order valence-corrected chi connectivity index (χ3v) is 5.04. The summed E-state index contributed by atoms with van der Waals surface area (Å²) < 4.78 is 2.20. The smallest absolute Gasteiger partial charge is 0.224 e. The summed E-state index contributed by atoms with van der Waals surface area (Å²) in [6.45, 7) is 3.54. The number of aromatic nitrogens is 3. The maximum atomic E-state index is 12.4. The lowest BCUT2D eigenvalue weighted by molar-refractivity contribution is -0.120. The van der Waals surface area contributed by atoms with E-state index < -0.39 is 0 Å². The SMILES string of the molecule is CCn1c(CCNC(=O)Cc2c[nH]c3cc(Cl)ccc23)nc2ccccc21. The predicted molar refractivity (Wildman–Crippen MR) is 109 cm³/mol. The molecule has 2 aromatic heterocycles. The number of rotatable bonds is 6. The third kappa shape index (κ3) is 3.55. The van der Waals surface area contributed by atoms with Crippen molar-refractivity contribution < 1.29 is 4.79 Å². The summed E-state index contributed by atoms with van der Waals surface area (Å²) >= 11 is 6.01. The maximum absolute atomic E-state index is 12.4. The van der Waals surface area contributed by atoms with Gasteiger partial charge in [-0.25, -0.2) is 4.98 Å². The molecule has 0 saturated carbocycles. The number of nitrogens with one attached hydrogen (secondary N) is 2. The number of carbonyl (C=O) groups is 1. The molecule has 27 heavy (non-hydrogen) atoms. The topological polar surface area (TPSA) is 62.7 Å². The molecular formula is C21H21ClN4O. The van der Waals surface area contributed by atoms with E-state index in [1.54, 1.807) is 0 Å². The third-order valence-electron chi connectivity index (χ3n) is 4.80. The van der Waals surface area contributed by atoms with Crippen molar-refractivity contribution in [3.05, 3.63) is 65.1 Å². The Balaban J connectivity index is 1.40. The van der Waals surface area contributed by atoms with Gasteiger partial charge in [-0.3, -0.25) is 4.79 Å². The Morgan fingerprint density at radius 1 is 1.26 bits per heavy atom. The second-order valence-corrected chi connectivity index (χ2v) is 6.98. The summed E-state index contributed by atoms with van der Waals surface area (Å²) in [5.74, 6) is 1.01. The van der Waals surface area contributed by atoms with Gasteiger partial charge in [0.2, 0.25) is 5.91 Å². The van der Waals surface area contributed by atoms with Crippen LogP contribution in [0.25, 0.3) is 21.9 Å². The number of aromatic amines is 1. The monoisotopic (exact) mass is 380 g/mol. The van der Waals surface area contributed by atoms with Gasteiger partial charge in [-0.1, -0.05) is 29.8 Å². The highest BCUT2D eigenvalue weighted by molar-refractivity contribution is 6.31. The minimum Gasteiger partial charge on any atom is -0.361 e. The van der Waals surface area contributed by atoms with Gasteiger partial charge in [-0.15, -0.1) is 0 Å². The molecule has 0 aliphatic carbocycles. The highest BCUT2D eigenvalue weighted by Gasteiger charge is 2.11. The highest BCUT2D eigenvalue weighted by atomic mass is 35.5. The molecule has 4 rings (SSSR count). The first kappa shape index (κ1) is 17.6. The van der Waals surface area contributed by atoms with Gasteiger partial charge in [-0.05, 0) is 36.8 Å². The largest absolute Gasteiger partial charge is 0.361 e. The Hall–Kier alpha value is -2.79. The van der Waals surface area contributed by atoms with Crippen LogP contribution in [-0.4, -0.2) is 27.0 Å². The second kappa shape index (κ2) is 7.45. The molecule has 0 saturated heterocycles. The van der Waals surface area contributed by atoms with Gasteiger partial charge in [0.1, 0.15) is 5.82 Å². The number of hydrogen-bond acceptors (Lipinski definition) is 2. The second-order valence-electron chi connectivity index (χ2n) is 6.54. The first-order valence-electron chi connectivity index (χ1n) is 9.12. The van der Waals surface area contributed by atoms with E-state index in [-0.39, 0.29) is 5.91 Å². The number of para-hydroxylation sites is 2. The fourth-order valence-corrected chi connectivity index (χ4v) is 3.70. The Labute approximate surface area is 162 Å². The molecule has 5 nitrogen and oxygen atoms in total. The number of halogens is 1. The zero-order chi connectivity index (χ0) is 18.8. The van der Waals surface area contributed by atoms with Crippen LogP contribution >= 0.6 is 11.6 Å². The number of carbonyl (C=O) groups excluding carboxylic acids is 1. The maximum Gasteiger partial charge on any atom is 0.224 e. The van der Waals surface area contributed by atoms with Crippen LogP contribution in [-0.2, 0) is 24.2 Å². The zero-order valence-electron chi connectivity index (χ0n) is 15.1. The zero-order valence-corrected chi connectivity index (χ0v) is 15.9. The molecule has 2 heterocycles. The van der Waals surface area contributed by atoms with Crippen molar-refractivity contribution >= 4 is 39.4 Å². The number of benzene rings is 2. The van der Waals surface area contributed by atoms with Crippen molar-refractivity contribution in [2.24, 2.45) is 0 Å². The Kier molecular flexibility index (Phi) is 4.86. The standard InChI is InChI=1S/C21H21ClN4O/c1-2-26-19-6-4-3-5-17(19)25-20(26)9-10-23-21(27)11-14-13-24-18-12-15(22)7-8-16(14)18/h3-8,12-13,24H,2,9-11H2,1H3,(H,23,27). The molecule has 0 unspecified atom stereocenters. The summed E-state index contributed by atoms with van der Waals surface area (Å²) in [4.78, 5) is 20.2. The van der Waals surface area contributed by atoms with Crippen LogP contribution in [0.4, 0.5) is 0 Å². The van der Waals surface area contributed by atoms with Crippen molar-refractivity contribution in [1.29, 1.82) is 0 Å². The lowest BCUT2D eigenvalue weighted by Gasteiger charge is -2.07. The molecule has 0 fully saturated rings. The molecule has 1 amide bonds. The van der Waals surface area contributed by atoms with Gasteiger partial charge in [-0.2, -0.15) is 0 Å².